The van der Waals surface area contributed by atoms with Crippen LogP contribution < -0.4 is 41.4 Å². The lowest BCUT2D eigenvalue weighted by molar-refractivity contribution is -0.271. The van der Waals surface area contributed by atoms with Crippen LogP contribution in [-0.2, 0) is 71.1 Å². The van der Waals surface area contributed by atoms with E-state index in [0.717, 1.165) is 27.2 Å². The number of carbonyl (C=O) groups is 10. The summed E-state index contributed by atoms with van der Waals surface area (Å²) >= 11 is 0. The smallest absolute Gasteiger partial charge is 0.407 e. The first-order chi connectivity index (χ1) is 39.4. The van der Waals surface area contributed by atoms with Crippen LogP contribution >= 0.6 is 0 Å². The molecule has 26 heteroatoms. The summed E-state index contributed by atoms with van der Waals surface area (Å²) in [5.41, 5.74) is 4.13. The highest BCUT2D eigenvalue weighted by Crippen LogP contribution is 2.30. The predicted octanol–water partition coefficient (Wildman–Crippen LogP) is 1.38. The van der Waals surface area contributed by atoms with Gasteiger partial charge in [-0.3, -0.25) is 43.8 Å². The second-order valence-corrected chi connectivity index (χ2v) is 19.5. The van der Waals surface area contributed by atoms with Gasteiger partial charge >= 0.3 is 18.1 Å². The number of rotatable bonds is 24. The number of alkyl carbamates (subject to hydrolysis) is 1. The first kappa shape index (κ1) is 58.9. The van der Waals surface area contributed by atoms with Crippen LogP contribution in [0.4, 0.5) is 15.3 Å². The standard InChI is InChI=1S/C56H60N8O18/c65-42(4-2-1-3-23-63-44(67)19-20-45(63)68)57-21-22-58-50(72)39-25-34(10-17-41(39)81-54-48(71)46(69)47(70)49(82-54)53(75)76)30-80-56(78)60-26-31-5-7-32(8-6-31)29-79-37-13-11-36(12-14-37)61-55(77)59-27-33-9-15-38-35(24-33)28-64(52(38)74)40-16-18-43(66)62-51(40)73/h5-15,17,19-20,24-25,40,46-49,54,69-71H,1-4,16,18,21-23,26-30H2,(H,57,65)(H,58,72)(H,60,78)(H,75,76)(H2,59,61,77)(H,62,66,73)/t40?,46-,47-,48+,49-,54+/m0/s1. The van der Waals surface area contributed by atoms with Gasteiger partial charge in [0.25, 0.3) is 23.6 Å². The highest BCUT2D eigenvalue weighted by molar-refractivity contribution is 6.13. The molecule has 2 fully saturated rings. The number of benzene rings is 4. The van der Waals surface area contributed by atoms with E-state index < -0.39 is 66.7 Å². The number of imide groups is 2. The number of carboxylic acid groups (broad SMARTS) is 1. The normalized spacial score (nSPS) is 20.2. The van der Waals surface area contributed by atoms with Crippen LogP contribution in [0.2, 0.25) is 0 Å². The van der Waals surface area contributed by atoms with Crippen molar-refractivity contribution in [2.45, 2.75) is 108 Å². The van der Waals surface area contributed by atoms with Crippen molar-refractivity contribution in [2.24, 2.45) is 0 Å². The molecule has 4 aliphatic rings. The fraction of sp³-hybridized carbons (Fsp3) is 0.357. The van der Waals surface area contributed by atoms with Crippen molar-refractivity contribution in [2.75, 3.05) is 25.0 Å². The highest BCUT2D eigenvalue weighted by atomic mass is 16.7. The Morgan fingerprint density at radius 1 is 0.707 bits per heavy atom. The summed E-state index contributed by atoms with van der Waals surface area (Å²) in [5, 5.41) is 56.4. The third kappa shape index (κ3) is 15.4. The molecular formula is C56H60N8O18. The van der Waals surface area contributed by atoms with Crippen molar-refractivity contribution in [3.8, 4) is 11.5 Å². The van der Waals surface area contributed by atoms with E-state index in [2.05, 4.69) is 31.9 Å². The Bertz CT molecular complexity index is 3100. The molecule has 8 rings (SSSR count). The van der Waals surface area contributed by atoms with Crippen LogP contribution in [0.5, 0.6) is 11.5 Å². The van der Waals surface area contributed by atoms with Crippen molar-refractivity contribution in [1.82, 2.24) is 36.4 Å². The number of anilines is 1. The number of nitrogens with one attached hydrogen (secondary N) is 6. The second-order valence-electron chi connectivity index (χ2n) is 19.5. The van der Waals surface area contributed by atoms with Crippen molar-refractivity contribution in [3.05, 3.63) is 136 Å². The number of fused-ring (bicyclic) bond motifs is 1. The van der Waals surface area contributed by atoms with Gasteiger partial charge in [0, 0.05) is 75.5 Å². The molecule has 82 heavy (non-hydrogen) atoms. The lowest BCUT2D eigenvalue weighted by Crippen LogP contribution is -2.61. The topological polar surface area (TPSA) is 367 Å². The lowest BCUT2D eigenvalue weighted by atomic mass is 9.99. The molecule has 10 N–H and O–H groups in total. The minimum atomic E-state index is -1.99. The molecule has 4 aliphatic heterocycles. The number of amides is 10. The molecule has 4 aromatic carbocycles. The van der Waals surface area contributed by atoms with E-state index in [4.69, 9.17) is 18.9 Å². The number of carbonyl (C=O) groups excluding carboxylic acids is 9. The quantitative estimate of drug-likeness (QED) is 0.0350. The molecule has 0 aromatic heterocycles. The molecule has 4 heterocycles. The van der Waals surface area contributed by atoms with Gasteiger partial charge in [0.2, 0.25) is 24.0 Å². The zero-order valence-electron chi connectivity index (χ0n) is 44.0. The predicted molar refractivity (Wildman–Crippen MR) is 284 cm³/mol. The molecule has 1 unspecified atom stereocenters. The Hall–Kier alpha value is -9.24. The number of hydrogen-bond acceptors (Lipinski definition) is 17. The average molecular weight is 1130 g/mol. The minimum Gasteiger partial charge on any atom is -0.489 e. The van der Waals surface area contributed by atoms with E-state index in [0.29, 0.717) is 41.8 Å². The zero-order valence-corrected chi connectivity index (χ0v) is 44.0. The van der Waals surface area contributed by atoms with Crippen molar-refractivity contribution in [1.29, 1.82) is 0 Å². The molecule has 0 saturated carbocycles. The number of aliphatic carboxylic acids is 1. The number of aliphatic hydroxyl groups is 3. The zero-order chi connectivity index (χ0) is 58.5. The van der Waals surface area contributed by atoms with Gasteiger partial charge in [0.05, 0.1) is 5.56 Å². The highest BCUT2D eigenvalue weighted by Gasteiger charge is 2.48. The van der Waals surface area contributed by atoms with E-state index in [1.165, 1.54) is 35.3 Å². The van der Waals surface area contributed by atoms with E-state index in [9.17, 15) is 68.4 Å². The number of hydrogen-bond donors (Lipinski definition) is 10. The maximum atomic E-state index is 13.6. The Morgan fingerprint density at radius 3 is 2.13 bits per heavy atom. The van der Waals surface area contributed by atoms with Crippen LogP contribution in [0.25, 0.3) is 0 Å². The molecule has 10 amide bonds. The molecule has 0 radical (unpaired) electrons. The number of piperidine rings is 1. The van der Waals surface area contributed by atoms with Gasteiger partial charge in [-0.25, -0.2) is 14.4 Å². The van der Waals surface area contributed by atoms with Gasteiger partial charge in [0.1, 0.15) is 49.1 Å². The number of carboxylic acids is 1. The largest absolute Gasteiger partial charge is 0.489 e. The summed E-state index contributed by atoms with van der Waals surface area (Å²) in [4.78, 5) is 126. The van der Waals surface area contributed by atoms with Crippen molar-refractivity contribution >= 4 is 65.1 Å². The first-order valence-electron chi connectivity index (χ1n) is 26.2. The molecule has 432 valence electrons. The van der Waals surface area contributed by atoms with Crippen LogP contribution in [0, 0.1) is 0 Å². The van der Waals surface area contributed by atoms with Crippen LogP contribution in [0.1, 0.15) is 87.1 Å². The third-order valence-electron chi connectivity index (χ3n) is 13.7. The molecule has 0 spiro atoms. The first-order valence-corrected chi connectivity index (χ1v) is 26.2. The SMILES string of the molecule is O=C(CCCCCN1C(=O)C=CC1=O)NCCNC(=O)c1cc(COC(=O)NCc2ccc(COc3ccc(NC(=O)NCc4ccc5c(c4)CN(C4CCC(=O)NC4=O)C5=O)cc3)cc2)ccc1O[C@@H]1O[C@H](C(=O)O)[C@@H](O)[C@H](O)[C@H]1O. The van der Waals surface area contributed by atoms with Crippen molar-refractivity contribution in [3.63, 3.8) is 0 Å². The van der Waals surface area contributed by atoms with Gasteiger partial charge in [-0.2, -0.15) is 0 Å². The monoisotopic (exact) mass is 1130 g/mol. The molecule has 6 atom stereocenters. The Labute approximate surface area is 468 Å². The average Bonchev–Trinajstić information content (AvgIpc) is 4.02. The lowest BCUT2D eigenvalue weighted by Gasteiger charge is -2.38. The fourth-order valence-corrected chi connectivity index (χ4v) is 9.19. The minimum absolute atomic E-state index is 0.0164. The number of urea groups is 1. The summed E-state index contributed by atoms with van der Waals surface area (Å²) in [5.74, 6) is -4.28. The maximum absolute atomic E-state index is 13.6. The number of ether oxygens (including phenoxy) is 4. The Kier molecular flexibility index (Phi) is 19.6. The molecule has 0 bridgehead atoms. The molecule has 2 saturated heterocycles. The summed E-state index contributed by atoms with van der Waals surface area (Å²) in [6, 6.07) is 22.0. The molecule has 26 nitrogen and oxygen atoms in total. The van der Waals surface area contributed by atoms with E-state index in [1.54, 1.807) is 48.5 Å². The summed E-state index contributed by atoms with van der Waals surface area (Å²) in [6.45, 7) is 0.546. The Balaban J connectivity index is 0.756. The summed E-state index contributed by atoms with van der Waals surface area (Å²) in [6.07, 6.45) is -5.98. The fourth-order valence-electron chi connectivity index (χ4n) is 9.19. The number of aliphatic hydroxyl groups excluding tert-OH is 3. The summed E-state index contributed by atoms with van der Waals surface area (Å²) < 4.78 is 22.3. The van der Waals surface area contributed by atoms with Crippen LogP contribution in [0.15, 0.2) is 97.1 Å². The van der Waals surface area contributed by atoms with Crippen LogP contribution in [-0.4, -0.2) is 146 Å². The van der Waals surface area contributed by atoms with Gasteiger partial charge in [-0.15, -0.1) is 0 Å². The number of unbranched alkanes of at least 4 members (excludes halogenated alkanes) is 2. The van der Waals surface area contributed by atoms with Gasteiger partial charge in [-0.1, -0.05) is 48.9 Å². The van der Waals surface area contributed by atoms with E-state index >= 15 is 0 Å². The molecule has 0 aliphatic carbocycles. The van der Waals surface area contributed by atoms with Gasteiger partial charge in [0.15, 0.2) is 6.10 Å². The van der Waals surface area contributed by atoms with Crippen LogP contribution in [0.3, 0.4) is 0 Å². The molecular weight excluding hydrogens is 1070 g/mol. The second kappa shape index (κ2) is 27.3. The molecule has 4 aromatic rings. The summed E-state index contributed by atoms with van der Waals surface area (Å²) in [7, 11) is 0. The van der Waals surface area contributed by atoms with Crippen molar-refractivity contribution < 1.29 is 87.3 Å². The van der Waals surface area contributed by atoms with E-state index in [1.807, 2.05) is 18.2 Å². The van der Waals surface area contributed by atoms with E-state index in [-0.39, 0.29) is 113 Å². The Morgan fingerprint density at radius 2 is 1.40 bits per heavy atom. The number of nitrogens with zero attached hydrogens (tertiary/aromatic N) is 2. The van der Waals surface area contributed by atoms with Gasteiger partial charge < -0.3 is 70.9 Å². The maximum Gasteiger partial charge on any atom is 0.407 e. The van der Waals surface area contributed by atoms with Gasteiger partial charge in [-0.05, 0) is 89.5 Å². The third-order valence-corrected chi connectivity index (χ3v) is 13.7.